The van der Waals surface area contributed by atoms with Crippen molar-refractivity contribution in [1.29, 1.82) is 0 Å². The van der Waals surface area contributed by atoms with Crippen LogP contribution in [0.3, 0.4) is 0 Å². The summed E-state index contributed by atoms with van der Waals surface area (Å²) >= 11 is 0. The van der Waals surface area contributed by atoms with Crippen LogP contribution in [0.25, 0.3) is 0 Å². The third-order valence-corrected chi connectivity index (χ3v) is 5.18. The quantitative estimate of drug-likeness (QED) is 0.128. The standard InChI is InChI=1S/C26H28N6.2ClHO4.Hg/c1-5-13-27-23(9-1)19-31(20-24-10-2-6-14-28-24)17-18-32(21-25-11-3-7-15-29-25)22-26-12-4-8-16-30-26;2*2-1(3,4)5;/h1-16H,17-22H2;2*(H,2,3,4,5);/q;;;+2/p-2. The first-order chi connectivity index (χ1) is 19.8. The number of halogens is 2. The zero-order valence-electron chi connectivity index (χ0n) is 22.9. The van der Waals surface area contributed by atoms with E-state index in [9.17, 15) is 0 Å². The molecule has 0 spiro atoms. The molecule has 226 valence electrons. The monoisotopic (exact) mass is 824 g/mol. The number of pyridine rings is 4. The summed E-state index contributed by atoms with van der Waals surface area (Å²) in [6, 6.07) is 24.3. The summed E-state index contributed by atoms with van der Waals surface area (Å²) in [6.45, 7) is 4.87. The largest absolute Gasteiger partial charge is 2.00 e. The number of hydrogen-bond donors (Lipinski definition) is 0. The third-order valence-electron chi connectivity index (χ3n) is 5.18. The minimum atomic E-state index is -4.94. The van der Waals surface area contributed by atoms with Crippen LogP contribution in [0.1, 0.15) is 22.8 Å². The van der Waals surface area contributed by atoms with Gasteiger partial charge in [-0.2, -0.15) is 0 Å². The molecule has 0 radical (unpaired) electrons. The van der Waals surface area contributed by atoms with E-state index in [0.717, 1.165) is 62.0 Å². The summed E-state index contributed by atoms with van der Waals surface area (Å²) in [4.78, 5) is 22.9. The molecule has 0 N–H and O–H groups in total. The van der Waals surface area contributed by atoms with Crippen molar-refractivity contribution in [3.8, 4) is 0 Å². The molecule has 4 aromatic heterocycles. The second-order valence-corrected chi connectivity index (χ2v) is 9.97. The van der Waals surface area contributed by atoms with E-state index in [4.69, 9.17) is 37.3 Å². The molecular weight excluding hydrogens is 796 g/mol. The predicted molar refractivity (Wildman–Crippen MR) is 125 cm³/mol. The molecule has 0 aromatic carbocycles. The van der Waals surface area contributed by atoms with Gasteiger partial charge in [-0.3, -0.25) is 29.7 Å². The van der Waals surface area contributed by atoms with Crippen LogP contribution in [0.2, 0.25) is 0 Å². The number of rotatable bonds is 11. The zero-order valence-corrected chi connectivity index (χ0v) is 29.9. The van der Waals surface area contributed by atoms with E-state index in [-0.39, 0.29) is 27.7 Å². The molecule has 0 atom stereocenters. The van der Waals surface area contributed by atoms with Gasteiger partial charge in [0.2, 0.25) is 0 Å². The molecule has 43 heavy (non-hydrogen) atoms. The van der Waals surface area contributed by atoms with Crippen molar-refractivity contribution < 1.29 is 85.4 Å². The van der Waals surface area contributed by atoms with Crippen LogP contribution in [0.15, 0.2) is 97.6 Å². The van der Waals surface area contributed by atoms with Gasteiger partial charge < -0.3 is 0 Å². The fourth-order valence-electron chi connectivity index (χ4n) is 3.59. The van der Waals surface area contributed by atoms with E-state index < -0.39 is 20.5 Å². The van der Waals surface area contributed by atoms with Gasteiger partial charge in [-0.15, -0.1) is 20.5 Å². The maximum absolute atomic E-state index is 8.49. The van der Waals surface area contributed by atoms with Gasteiger partial charge in [0.15, 0.2) is 0 Å². The van der Waals surface area contributed by atoms with Crippen molar-refractivity contribution in [2.45, 2.75) is 26.2 Å². The first-order valence-corrected chi connectivity index (χ1v) is 14.6. The molecule has 4 heterocycles. The number of nitrogens with zero attached hydrogens (tertiary/aromatic N) is 6. The summed E-state index contributed by atoms with van der Waals surface area (Å²) in [7, 11) is -9.89. The molecule has 17 heteroatoms. The average molecular weight is 824 g/mol. The second kappa shape index (κ2) is 20.6. The van der Waals surface area contributed by atoms with Crippen molar-refractivity contribution in [2.24, 2.45) is 0 Å². The van der Waals surface area contributed by atoms with Crippen molar-refractivity contribution in [3.63, 3.8) is 0 Å². The fraction of sp³-hybridized carbons (Fsp3) is 0.231. The van der Waals surface area contributed by atoms with Crippen LogP contribution < -0.4 is 37.3 Å². The molecule has 0 saturated heterocycles. The van der Waals surface area contributed by atoms with Gasteiger partial charge in [0.05, 0.1) is 22.8 Å². The first kappa shape index (κ1) is 38.7. The van der Waals surface area contributed by atoms with Gasteiger partial charge in [0, 0.05) is 64.1 Å². The van der Waals surface area contributed by atoms with E-state index in [1.807, 2.05) is 73.3 Å². The Balaban J connectivity index is 0.000000729. The smallest absolute Gasteiger partial charge is 0.290 e. The summed E-state index contributed by atoms with van der Waals surface area (Å²) in [5, 5.41) is 0. The van der Waals surface area contributed by atoms with Gasteiger partial charge in [-0.05, 0) is 48.5 Å². The second-order valence-electron chi connectivity index (χ2n) is 8.46. The molecule has 0 aliphatic heterocycles. The molecule has 4 rings (SSSR count). The third kappa shape index (κ3) is 22.0. The zero-order chi connectivity index (χ0) is 30.8. The number of aromatic nitrogens is 4. The van der Waals surface area contributed by atoms with Crippen molar-refractivity contribution in [1.82, 2.24) is 29.7 Å². The van der Waals surface area contributed by atoms with E-state index in [1.165, 1.54) is 0 Å². The molecule has 0 bridgehead atoms. The van der Waals surface area contributed by atoms with Crippen LogP contribution in [0, 0.1) is 20.5 Å². The Bertz CT molecular complexity index is 1050. The molecule has 14 nitrogen and oxygen atoms in total. The molecule has 0 aliphatic rings. The SMILES string of the molecule is [Hg+2].[O-][Cl+3]([O-])([O-])[O-].[O-][Cl+3]([O-])([O-])[O-].c1ccc(CN(CCN(Cc2ccccn2)Cc2ccccn2)Cc2ccccn2)nc1. The maximum Gasteiger partial charge on any atom is 2.00 e. The minimum Gasteiger partial charge on any atom is -0.290 e. The Morgan fingerprint density at radius 2 is 0.628 bits per heavy atom. The van der Waals surface area contributed by atoms with Gasteiger partial charge in [-0.1, -0.05) is 24.3 Å². The van der Waals surface area contributed by atoms with Gasteiger partial charge in [0.1, 0.15) is 0 Å². The van der Waals surface area contributed by atoms with Crippen molar-refractivity contribution in [3.05, 3.63) is 120 Å². The van der Waals surface area contributed by atoms with Crippen LogP contribution in [0.4, 0.5) is 0 Å². The predicted octanol–water partition coefficient (Wildman–Crippen LogP) is -5.54. The Labute approximate surface area is 273 Å². The molecule has 0 fully saturated rings. The summed E-state index contributed by atoms with van der Waals surface area (Å²) < 4.78 is 67.9. The Morgan fingerprint density at radius 3 is 0.791 bits per heavy atom. The Kier molecular flexibility index (Phi) is 18.6. The van der Waals surface area contributed by atoms with Crippen LogP contribution in [-0.2, 0) is 53.8 Å². The van der Waals surface area contributed by atoms with Crippen LogP contribution in [0.5, 0.6) is 0 Å². The van der Waals surface area contributed by atoms with Crippen molar-refractivity contribution in [2.75, 3.05) is 13.1 Å². The maximum atomic E-state index is 8.49. The van der Waals surface area contributed by atoms with Crippen LogP contribution >= 0.6 is 0 Å². The summed E-state index contributed by atoms with van der Waals surface area (Å²) in [5.41, 5.74) is 4.24. The Hall–Kier alpha value is -2.28. The van der Waals surface area contributed by atoms with E-state index in [1.54, 1.807) is 0 Å². The summed E-state index contributed by atoms with van der Waals surface area (Å²) in [5.74, 6) is 0. The fourth-order valence-corrected chi connectivity index (χ4v) is 3.59. The normalized spacial score (nSPS) is 11.1. The molecule has 0 amide bonds. The topological polar surface area (TPSA) is 243 Å². The number of hydrogen-bond acceptors (Lipinski definition) is 14. The molecule has 4 aromatic rings. The van der Waals surface area contributed by atoms with Gasteiger partial charge in [0.25, 0.3) is 0 Å². The van der Waals surface area contributed by atoms with Gasteiger partial charge >= 0.3 is 27.7 Å². The van der Waals surface area contributed by atoms with Crippen LogP contribution in [-0.4, -0.2) is 42.8 Å². The van der Waals surface area contributed by atoms with E-state index >= 15 is 0 Å². The van der Waals surface area contributed by atoms with Gasteiger partial charge in [-0.25, -0.2) is 37.3 Å². The Morgan fingerprint density at radius 1 is 0.419 bits per heavy atom. The molecule has 0 aliphatic carbocycles. The molecular formula is C26H28Cl2HgN6O8. The summed E-state index contributed by atoms with van der Waals surface area (Å²) in [6.07, 6.45) is 7.40. The van der Waals surface area contributed by atoms with E-state index in [0.29, 0.717) is 0 Å². The minimum absolute atomic E-state index is 0. The first-order valence-electron chi connectivity index (χ1n) is 12.1. The molecule has 0 saturated carbocycles. The van der Waals surface area contributed by atoms with Crippen molar-refractivity contribution >= 4 is 0 Å². The van der Waals surface area contributed by atoms with E-state index in [2.05, 4.69) is 54.0 Å². The molecule has 0 unspecified atom stereocenters. The average Bonchev–Trinajstić information content (AvgIpc) is 2.92.